The van der Waals surface area contributed by atoms with Gasteiger partial charge in [-0.1, -0.05) is 27.2 Å². The van der Waals surface area contributed by atoms with Crippen LogP contribution in [-0.4, -0.2) is 5.54 Å². The minimum absolute atomic E-state index is 0.555. The first-order chi connectivity index (χ1) is 5.08. The van der Waals surface area contributed by atoms with Crippen molar-refractivity contribution < 1.29 is 0 Å². The fraction of sp³-hybridized carbons (Fsp3) is 0.889. The molecule has 0 aromatic heterocycles. The Morgan fingerprint density at radius 2 is 2.09 bits per heavy atom. The maximum atomic E-state index is 8.75. The fourth-order valence-corrected chi connectivity index (χ4v) is 1.04. The van der Waals surface area contributed by atoms with Gasteiger partial charge >= 0.3 is 0 Å². The summed E-state index contributed by atoms with van der Waals surface area (Å²) in [4.78, 5) is 0. The molecule has 0 spiro atoms. The van der Waals surface area contributed by atoms with E-state index in [1.807, 2.05) is 6.92 Å². The van der Waals surface area contributed by atoms with Crippen LogP contribution < -0.4 is 5.73 Å². The maximum Gasteiger partial charge on any atom is 0.104 e. The van der Waals surface area contributed by atoms with E-state index in [1.165, 1.54) is 0 Å². The molecule has 0 amide bonds. The van der Waals surface area contributed by atoms with Crippen LogP contribution >= 0.6 is 0 Å². The highest BCUT2D eigenvalue weighted by Gasteiger charge is 2.23. The molecule has 64 valence electrons. The topological polar surface area (TPSA) is 49.8 Å². The normalized spacial score (nSPS) is 18.5. The number of hydrogen-bond acceptors (Lipinski definition) is 2. The maximum absolute atomic E-state index is 8.75. The zero-order valence-electron chi connectivity index (χ0n) is 7.72. The molecule has 0 saturated carbocycles. The summed E-state index contributed by atoms with van der Waals surface area (Å²) >= 11 is 0. The Labute approximate surface area is 69.4 Å². The summed E-state index contributed by atoms with van der Waals surface area (Å²) < 4.78 is 0. The molecule has 0 aliphatic carbocycles. The van der Waals surface area contributed by atoms with Crippen molar-refractivity contribution in [3.8, 4) is 6.07 Å². The van der Waals surface area contributed by atoms with E-state index >= 15 is 0 Å². The zero-order valence-corrected chi connectivity index (χ0v) is 7.72. The second-order valence-corrected chi connectivity index (χ2v) is 3.34. The molecule has 2 atom stereocenters. The largest absolute Gasteiger partial charge is 0.313 e. The predicted octanol–water partition coefficient (Wildman–Crippen LogP) is 2.05. The van der Waals surface area contributed by atoms with E-state index in [9.17, 15) is 0 Å². The summed E-state index contributed by atoms with van der Waals surface area (Å²) in [6, 6.07) is 2.17. The van der Waals surface area contributed by atoms with Gasteiger partial charge in [0, 0.05) is 0 Å². The van der Waals surface area contributed by atoms with E-state index < -0.39 is 5.54 Å². The van der Waals surface area contributed by atoms with Gasteiger partial charge in [0.15, 0.2) is 0 Å². The Bertz CT molecular complexity index is 148. The minimum atomic E-state index is -0.588. The van der Waals surface area contributed by atoms with Gasteiger partial charge in [-0.3, -0.25) is 0 Å². The minimum Gasteiger partial charge on any atom is -0.313 e. The van der Waals surface area contributed by atoms with Gasteiger partial charge in [0.1, 0.15) is 5.54 Å². The van der Waals surface area contributed by atoms with Crippen LogP contribution in [0.25, 0.3) is 0 Å². The molecule has 0 aliphatic heterocycles. The molecular weight excluding hydrogens is 136 g/mol. The molecular formula is C9H18N2. The van der Waals surface area contributed by atoms with Crippen LogP contribution in [0.4, 0.5) is 0 Å². The van der Waals surface area contributed by atoms with Gasteiger partial charge in [-0.25, -0.2) is 0 Å². The van der Waals surface area contributed by atoms with Gasteiger partial charge in [0.25, 0.3) is 0 Å². The number of nitrogens with zero attached hydrogens (tertiary/aromatic N) is 1. The summed E-state index contributed by atoms with van der Waals surface area (Å²) in [5, 5.41) is 8.75. The molecule has 0 bridgehead atoms. The van der Waals surface area contributed by atoms with Crippen molar-refractivity contribution in [2.75, 3.05) is 0 Å². The molecule has 2 nitrogen and oxygen atoms in total. The van der Waals surface area contributed by atoms with Gasteiger partial charge in [-0.05, 0) is 18.8 Å². The molecule has 0 rings (SSSR count). The SMILES string of the molecule is CCC(C)CC(N)(C#N)CC. The highest BCUT2D eigenvalue weighted by molar-refractivity contribution is 5.04. The van der Waals surface area contributed by atoms with Gasteiger partial charge in [0.2, 0.25) is 0 Å². The van der Waals surface area contributed by atoms with Crippen LogP contribution in [0.2, 0.25) is 0 Å². The first-order valence-electron chi connectivity index (χ1n) is 4.28. The van der Waals surface area contributed by atoms with Gasteiger partial charge in [-0.2, -0.15) is 5.26 Å². The lowest BCUT2D eigenvalue weighted by atomic mass is 9.87. The van der Waals surface area contributed by atoms with Crippen molar-refractivity contribution in [3.05, 3.63) is 0 Å². The molecule has 0 saturated heterocycles. The monoisotopic (exact) mass is 154 g/mol. The van der Waals surface area contributed by atoms with Gasteiger partial charge < -0.3 is 5.73 Å². The lowest BCUT2D eigenvalue weighted by Gasteiger charge is -2.22. The first kappa shape index (κ1) is 10.4. The molecule has 0 fully saturated rings. The Morgan fingerprint density at radius 1 is 1.55 bits per heavy atom. The molecule has 0 aromatic rings. The molecule has 11 heavy (non-hydrogen) atoms. The van der Waals surface area contributed by atoms with Crippen LogP contribution in [0.5, 0.6) is 0 Å². The van der Waals surface area contributed by atoms with Crippen molar-refractivity contribution in [1.29, 1.82) is 5.26 Å². The highest BCUT2D eigenvalue weighted by atomic mass is 14.7. The Balaban J connectivity index is 3.99. The van der Waals surface area contributed by atoms with E-state index in [-0.39, 0.29) is 0 Å². The first-order valence-corrected chi connectivity index (χ1v) is 4.28. The third kappa shape index (κ3) is 3.38. The molecule has 0 aromatic carbocycles. The molecule has 0 heterocycles. The molecule has 0 aliphatic rings. The van der Waals surface area contributed by atoms with E-state index in [0.717, 1.165) is 19.3 Å². The van der Waals surface area contributed by atoms with Crippen molar-refractivity contribution >= 4 is 0 Å². The van der Waals surface area contributed by atoms with Crippen LogP contribution in [0, 0.1) is 17.2 Å². The Kier molecular flexibility index (Phi) is 4.14. The number of rotatable bonds is 4. The second kappa shape index (κ2) is 4.35. The lowest BCUT2D eigenvalue weighted by molar-refractivity contribution is 0.381. The fourth-order valence-electron chi connectivity index (χ4n) is 1.04. The highest BCUT2D eigenvalue weighted by Crippen LogP contribution is 2.19. The smallest absolute Gasteiger partial charge is 0.104 e. The average Bonchev–Trinajstić information content (AvgIpc) is 2.04. The summed E-state index contributed by atoms with van der Waals surface area (Å²) in [6.45, 7) is 6.22. The summed E-state index contributed by atoms with van der Waals surface area (Å²) in [7, 11) is 0. The van der Waals surface area contributed by atoms with Crippen LogP contribution in [-0.2, 0) is 0 Å². The number of hydrogen-bond donors (Lipinski definition) is 1. The van der Waals surface area contributed by atoms with Crippen LogP contribution in [0.15, 0.2) is 0 Å². The average molecular weight is 154 g/mol. The van der Waals surface area contributed by atoms with E-state index in [0.29, 0.717) is 5.92 Å². The Hall–Kier alpha value is -0.550. The van der Waals surface area contributed by atoms with Crippen molar-refractivity contribution in [3.63, 3.8) is 0 Å². The van der Waals surface area contributed by atoms with Crippen molar-refractivity contribution in [2.45, 2.75) is 45.6 Å². The third-order valence-corrected chi connectivity index (χ3v) is 2.26. The molecule has 0 radical (unpaired) electrons. The second-order valence-electron chi connectivity index (χ2n) is 3.34. The van der Waals surface area contributed by atoms with E-state index in [4.69, 9.17) is 11.0 Å². The molecule has 2 N–H and O–H groups in total. The van der Waals surface area contributed by atoms with Crippen LogP contribution in [0.3, 0.4) is 0 Å². The van der Waals surface area contributed by atoms with E-state index in [1.54, 1.807) is 0 Å². The van der Waals surface area contributed by atoms with E-state index in [2.05, 4.69) is 19.9 Å². The predicted molar refractivity (Wildman–Crippen MR) is 46.9 cm³/mol. The Morgan fingerprint density at radius 3 is 2.36 bits per heavy atom. The zero-order chi connectivity index (χ0) is 8.91. The number of nitrogens with two attached hydrogens (primary N) is 1. The van der Waals surface area contributed by atoms with Gasteiger partial charge in [0.05, 0.1) is 6.07 Å². The number of nitriles is 1. The quantitative estimate of drug-likeness (QED) is 0.673. The third-order valence-electron chi connectivity index (χ3n) is 2.26. The summed E-state index contributed by atoms with van der Waals surface area (Å²) in [5.74, 6) is 0.555. The van der Waals surface area contributed by atoms with Gasteiger partial charge in [-0.15, -0.1) is 0 Å². The van der Waals surface area contributed by atoms with Crippen molar-refractivity contribution in [2.24, 2.45) is 11.7 Å². The summed E-state index contributed by atoms with van der Waals surface area (Å²) in [6.07, 6.45) is 2.66. The molecule has 2 heteroatoms. The van der Waals surface area contributed by atoms with Crippen LogP contribution in [0.1, 0.15) is 40.0 Å². The molecule has 2 unspecified atom stereocenters. The summed E-state index contributed by atoms with van der Waals surface area (Å²) in [5.41, 5.74) is 5.22. The standard InChI is InChI=1S/C9H18N2/c1-4-8(3)6-9(11,5-2)7-10/h8H,4-6,11H2,1-3H3. The van der Waals surface area contributed by atoms with Crippen molar-refractivity contribution in [1.82, 2.24) is 0 Å². The lowest BCUT2D eigenvalue weighted by Crippen LogP contribution is -2.38.